The molecular weight excluding hydrogens is 176 g/mol. The van der Waals surface area contributed by atoms with Gasteiger partial charge in [0.15, 0.2) is 0 Å². The highest BCUT2D eigenvalue weighted by Crippen LogP contribution is 2.22. The summed E-state index contributed by atoms with van der Waals surface area (Å²) in [6.07, 6.45) is 0.387. The van der Waals surface area contributed by atoms with Crippen molar-refractivity contribution in [2.75, 3.05) is 13.0 Å². The van der Waals surface area contributed by atoms with Gasteiger partial charge < -0.3 is 9.84 Å². The topological polar surface area (TPSA) is 29.5 Å². The van der Waals surface area contributed by atoms with Crippen molar-refractivity contribution in [3.05, 3.63) is 0 Å². The lowest BCUT2D eigenvalue weighted by Gasteiger charge is -2.28. The van der Waals surface area contributed by atoms with Crippen molar-refractivity contribution in [2.24, 2.45) is 5.92 Å². The standard InChI is InChI=1S/C9H19ClO2/c1-7(8(11)6-10)5-9(2,3)12-4/h7-8,11H,5-6H2,1-4H3/t7-,8?/m1/s1. The van der Waals surface area contributed by atoms with E-state index in [2.05, 4.69) is 0 Å². The Morgan fingerprint density at radius 2 is 2.00 bits per heavy atom. The minimum Gasteiger partial charge on any atom is -0.392 e. The maximum atomic E-state index is 9.40. The second-order valence-corrected chi connectivity index (χ2v) is 4.18. The molecule has 0 heterocycles. The van der Waals surface area contributed by atoms with E-state index in [1.165, 1.54) is 0 Å². The molecule has 1 unspecified atom stereocenters. The van der Waals surface area contributed by atoms with Gasteiger partial charge in [-0.3, -0.25) is 0 Å². The van der Waals surface area contributed by atoms with Crippen LogP contribution in [-0.2, 0) is 4.74 Å². The highest BCUT2D eigenvalue weighted by molar-refractivity contribution is 6.18. The number of methoxy groups -OCH3 is 1. The van der Waals surface area contributed by atoms with Crippen LogP contribution in [-0.4, -0.2) is 29.8 Å². The Hall–Kier alpha value is 0.210. The normalized spacial score (nSPS) is 17.5. The predicted octanol–water partition coefficient (Wildman–Crippen LogP) is 2.04. The molecule has 0 aromatic carbocycles. The van der Waals surface area contributed by atoms with Crippen molar-refractivity contribution in [3.63, 3.8) is 0 Å². The molecule has 0 bridgehead atoms. The summed E-state index contributed by atoms with van der Waals surface area (Å²) in [5.41, 5.74) is -0.174. The summed E-state index contributed by atoms with van der Waals surface area (Å²) >= 11 is 5.53. The van der Waals surface area contributed by atoms with Gasteiger partial charge in [-0.15, -0.1) is 11.6 Å². The van der Waals surface area contributed by atoms with Crippen LogP contribution in [0.15, 0.2) is 0 Å². The fraction of sp³-hybridized carbons (Fsp3) is 1.00. The van der Waals surface area contributed by atoms with Crippen molar-refractivity contribution in [3.8, 4) is 0 Å². The van der Waals surface area contributed by atoms with E-state index >= 15 is 0 Å². The first-order valence-electron chi connectivity index (χ1n) is 4.22. The number of aliphatic hydroxyl groups excluding tert-OH is 1. The highest BCUT2D eigenvalue weighted by atomic mass is 35.5. The molecule has 0 aromatic rings. The van der Waals surface area contributed by atoms with Crippen molar-refractivity contribution >= 4 is 11.6 Å². The first kappa shape index (κ1) is 12.2. The summed E-state index contributed by atoms with van der Waals surface area (Å²) in [5, 5.41) is 9.40. The van der Waals surface area contributed by atoms with Crippen molar-refractivity contribution in [2.45, 2.75) is 38.9 Å². The molecule has 0 aliphatic carbocycles. The Balaban J connectivity index is 3.90. The van der Waals surface area contributed by atoms with Gasteiger partial charge in [-0.25, -0.2) is 0 Å². The Morgan fingerprint density at radius 1 is 1.50 bits per heavy atom. The molecule has 12 heavy (non-hydrogen) atoms. The van der Waals surface area contributed by atoms with Crippen LogP contribution < -0.4 is 0 Å². The molecular formula is C9H19ClO2. The van der Waals surface area contributed by atoms with E-state index < -0.39 is 6.10 Å². The number of alkyl halides is 1. The first-order valence-corrected chi connectivity index (χ1v) is 4.75. The van der Waals surface area contributed by atoms with Gasteiger partial charge in [-0.05, 0) is 26.2 Å². The van der Waals surface area contributed by atoms with E-state index in [1.807, 2.05) is 20.8 Å². The number of halogens is 1. The molecule has 0 fully saturated rings. The summed E-state index contributed by atoms with van der Waals surface area (Å²) in [6.45, 7) is 5.99. The third kappa shape index (κ3) is 4.29. The zero-order valence-electron chi connectivity index (χ0n) is 8.30. The zero-order valence-corrected chi connectivity index (χ0v) is 9.06. The lowest BCUT2D eigenvalue weighted by molar-refractivity contribution is -0.0132. The molecule has 0 aromatic heterocycles. The lowest BCUT2D eigenvalue weighted by atomic mass is 9.91. The minimum absolute atomic E-state index is 0.174. The van der Waals surface area contributed by atoms with Crippen molar-refractivity contribution in [1.29, 1.82) is 0 Å². The molecule has 2 nitrogen and oxygen atoms in total. The van der Waals surface area contributed by atoms with E-state index in [0.29, 0.717) is 5.88 Å². The maximum Gasteiger partial charge on any atom is 0.0702 e. The third-order valence-electron chi connectivity index (χ3n) is 2.18. The second kappa shape index (κ2) is 5.05. The summed E-state index contributed by atoms with van der Waals surface area (Å²) in [7, 11) is 1.68. The number of hydrogen-bond donors (Lipinski definition) is 1. The zero-order chi connectivity index (χ0) is 9.78. The van der Waals surface area contributed by atoms with Gasteiger partial charge in [0.25, 0.3) is 0 Å². The summed E-state index contributed by atoms with van der Waals surface area (Å²) in [4.78, 5) is 0. The van der Waals surface area contributed by atoms with Crippen LogP contribution >= 0.6 is 11.6 Å². The SMILES string of the molecule is COC(C)(C)C[C@@H](C)C(O)CCl. The first-order chi connectivity index (χ1) is 5.43. The molecule has 0 saturated carbocycles. The van der Waals surface area contributed by atoms with Crippen LogP contribution in [0.1, 0.15) is 27.2 Å². The van der Waals surface area contributed by atoms with E-state index in [1.54, 1.807) is 7.11 Å². The van der Waals surface area contributed by atoms with Gasteiger partial charge in [0.1, 0.15) is 0 Å². The van der Waals surface area contributed by atoms with Crippen LogP contribution in [0.5, 0.6) is 0 Å². The average Bonchev–Trinajstić information content (AvgIpc) is 2.02. The molecule has 0 saturated heterocycles. The Labute approximate surface area is 79.9 Å². The van der Waals surface area contributed by atoms with E-state index in [0.717, 1.165) is 6.42 Å². The Morgan fingerprint density at radius 3 is 2.33 bits per heavy atom. The van der Waals surface area contributed by atoms with Crippen molar-refractivity contribution in [1.82, 2.24) is 0 Å². The van der Waals surface area contributed by atoms with Crippen LogP contribution in [0.4, 0.5) is 0 Å². The van der Waals surface area contributed by atoms with Crippen LogP contribution in [0.25, 0.3) is 0 Å². The predicted molar refractivity (Wildman–Crippen MR) is 51.6 cm³/mol. The molecule has 2 atom stereocenters. The van der Waals surface area contributed by atoms with Crippen LogP contribution in [0.3, 0.4) is 0 Å². The minimum atomic E-state index is -0.430. The molecule has 0 aliphatic heterocycles. The summed E-state index contributed by atoms with van der Waals surface area (Å²) < 4.78 is 5.25. The molecule has 3 heteroatoms. The van der Waals surface area contributed by atoms with Gasteiger partial charge >= 0.3 is 0 Å². The van der Waals surface area contributed by atoms with Gasteiger partial charge in [-0.2, -0.15) is 0 Å². The van der Waals surface area contributed by atoms with Crippen molar-refractivity contribution < 1.29 is 9.84 Å². The molecule has 0 amide bonds. The summed E-state index contributed by atoms with van der Waals surface area (Å²) in [6, 6.07) is 0. The van der Waals surface area contributed by atoms with Gasteiger partial charge in [-0.1, -0.05) is 6.92 Å². The lowest BCUT2D eigenvalue weighted by Crippen LogP contribution is -2.31. The van der Waals surface area contributed by atoms with E-state index in [9.17, 15) is 5.11 Å². The second-order valence-electron chi connectivity index (χ2n) is 3.87. The van der Waals surface area contributed by atoms with Gasteiger partial charge in [0.2, 0.25) is 0 Å². The molecule has 0 rings (SSSR count). The quantitative estimate of drug-likeness (QED) is 0.679. The number of rotatable bonds is 5. The Kier molecular flexibility index (Phi) is 5.14. The maximum absolute atomic E-state index is 9.40. The monoisotopic (exact) mass is 194 g/mol. The average molecular weight is 195 g/mol. The molecule has 1 N–H and O–H groups in total. The molecule has 74 valence electrons. The molecule has 0 spiro atoms. The summed E-state index contributed by atoms with van der Waals surface area (Å²) in [5.74, 6) is 0.471. The number of aliphatic hydroxyl groups is 1. The highest BCUT2D eigenvalue weighted by Gasteiger charge is 2.23. The van der Waals surface area contributed by atoms with Gasteiger partial charge in [0.05, 0.1) is 11.7 Å². The Bertz CT molecular complexity index is 126. The molecule has 0 aliphatic rings. The number of ether oxygens (including phenoxy) is 1. The van der Waals surface area contributed by atoms with Crippen LogP contribution in [0.2, 0.25) is 0 Å². The third-order valence-corrected chi connectivity index (χ3v) is 2.50. The molecule has 0 radical (unpaired) electrons. The smallest absolute Gasteiger partial charge is 0.0702 e. The fourth-order valence-corrected chi connectivity index (χ4v) is 1.45. The van der Waals surface area contributed by atoms with Gasteiger partial charge in [0, 0.05) is 13.0 Å². The van der Waals surface area contributed by atoms with E-state index in [4.69, 9.17) is 16.3 Å². The van der Waals surface area contributed by atoms with E-state index in [-0.39, 0.29) is 11.5 Å². The number of hydrogen-bond acceptors (Lipinski definition) is 2. The fourth-order valence-electron chi connectivity index (χ4n) is 1.15. The van der Waals surface area contributed by atoms with Crippen LogP contribution in [0, 0.1) is 5.92 Å². The largest absolute Gasteiger partial charge is 0.392 e.